The van der Waals surface area contributed by atoms with Gasteiger partial charge in [0.05, 0.1) is 19.0 Å². The summed E-state index contributed by atoms with van der Waals surface area (Å²) in [4.78, 5) is 12.7. The van der Waals surface area contributed by atoms with Crippen LogP contribution in [0.15, 0.2) is 24.8 Å². The summed E-state index contributed by atoms with van der Waals surface area (Å²) in [6.07, 6.45) is 0.196. The van der Waals surface area contributed by atoms with Gasteiger partial charge in [-0.1, -0.05) is 56.1 Å². The van der Waals surface area contributed by atoms with Crippen molar-refractivity contribution in [2.45, 2.75) is 107 Å². The van der Waals surface area contributed by atoms with E-state index in [-0.39, 0.29) is 22.2 Å². The number of fused-ring (bicyclic) bond motifs is 1. The molecule has 1 aliphatic carbocycles. The molecule has 0 radical (unpaired) electrons. The second-order valence-electron chi connectivity index (χ2n) is 12.8. The molecule has 1 aliphatic heterocycles. The van der Waals surface area contributed by atoms with Crippen molar-refractivity contribution in [2.75, 3.05) is 12.3 Å². The summed E-state index contributed by atoms with van der Waals surface area (Å²) in [6.45, 7) is 19.1. The Balaban J connectivity index is 1.51. The van der Waals surface area contributed by atoms with Crippen molar-refractivity contribution in [3.8, 4) is 0 Å². The van der Waals surface area contributed by atoms with E-state index in [0.29, 0.717) is 23.5 Å². The quantitative estimate of drug-likeness (QED) is 0.200. The average molecular weight is 630 g/mol. The van der Waals surface area contributed by atoms with Crippen LogP contribution in [-0.2, 0) is 25.5 Å². The van der Waals surface area contributed by atoms with E-state index in [1.54, 1.807) is 22.3 Å². The zero-order valence-electron chi connectivity index (χ0n) is 24.5. The van der Waals surface area contributed by atoms with Gasteiger partial charge in [-0.15, -0.1) is 0 Å². The minimum atomic E-state index is -2.29. The van der Waals surface area contributed by atoms with Crippen molar-refractivity contribution in [2.24, 2.45) is 5.92 Å². The first-order valence-corrected chi connectivity index (χ1v) is 20.7. The molecule has 1 saturated heterocycles. The zero-order chi connectivity index (χ0) is 29.6. The molecule has 2 unspecified atom stereocenters. The van der Waals surface area contributed by atoms with E-state index in [2.05, 4.69) is 62.3 Å². The lowest BCUT2D eigenvalue weighted by Gasteiger charge is -2.41. The summed E-state index contributed by atoms with van der Waals surface area (Å²) in [7, 11) is -2.29. The standard InChI is InChI=1S/C26H44N5O5PS2Si/c1-15(2)16-9-10-26(6,18(32)11-16)39-37(38)34-12-17-21(36-40(7,8)25(3,4)5)20(33)24(35-17)31-14-30-19-22(27)28-13-29-23(19)31/h13-14,16-18,20-21,24,32-33,37H,1,9-12H2,2-8H3,(H2,27,28,29)/t16-,17+,18+,20+,21?,24+,26+/m0/s1. The fourth-order valence-corrected chi connectivity index (χ4v) is 11.7. The number of nitrogens with zero attached hydrogens (tertiary/aromatic N) is 4. The Bertz CT molecular complexity index is 1260. The first kappa shape index (κ1) is 32.0. The Morgan fingerprint density at radius 3 is 2.67 bits per heavy atom. The third-order valence-electron chi connectivity index (χ3n) is 8.79. The van der Waals surface area contributed by atoms with E-state index >= 15 is 0 Å². The molecule has 40 heavy (non-hydrogen) atoms. The van der Waals surface area contributed by atoms with Crippen molar-refractivity contribution in [1.82, 2.24) is 19.5 Å². The lowest BCUT2D eigenvalue weighted by molar-refractivity contribution is -0.0455. The van der Waals surface area contributed by atoms with Crippen molar-refractivity contribution < 1.29 is 23.9 Å². The summed E-state index contributed by atoms with van der Waals surface area (Å²) < 4.78 is 20.7. The molecule has 2 aromatic heterocycles. The maximum atomic E-state index is 11.6. The van der Waals surface area contributed by atoms with Gasteiger partial charge in [-0.25, -0.2) is 15.0 Å². The first-order valence-electron chi connectivity index (χ1n) is 13.7. The van der Waals surface area contributed by atoms with Crippen LogP contribution < -0.4 is 5.73 Å². The molecule has 4 rings (SSSR count). The number of hydrogen-bond donors (Lipinski definition) is 3. The molecule has 3 heterocycles. The van der Waals surface area contributed by atoms with Gasteiger partial charge in [0.1, 0.15) is 36.3 Å². The van der Waals surface area contributed by atoms with E-state index < -0.39 is 45.1 Å². The number of rotatable bonds is 9. The van der Waals surface area contributed by atoms with Crippen LogP contribution >= 0.6 is 17.5 Å². The second kappa shape index (κ2) is 12.0. The van der Waals surface area contributed by atoms with Gasteiger partial charge in [0, 0.05) is 4.75 Å². The Morgan fingerprint density at radius 1 is 1.35 bits per heavy atom. The highest BCUT2D eigenvalue weighted by atomic mass is 32.9. The molecule has 2 aromatic rings. The normalized spacial score (nSPS) is 32.4. The minimum absolute atomic E-state index is 0.0736. The Kier molecular flexibility index (Phi) is 9.61. The highest BCUT2D eigenvalue weighted by molar-refractivity contribution is 8.63. The molecule has 224 valence electrons. The van der Waals surface area contributed by atoms with Crippen LogP contribution in [0.5, 0.6) is 0 Å². The molecular weight excluding hydrogens is 586 g/mol. The van der Waals surface area contributed by atoms with Crippen molar-refractivity contribution >= 4 is 54.6 Å². The monoisotopic (exact) mass is 629 g/mol. The number of nitrogen functional groups attached to an aromatic ring is 1. The Labute approximate surface area is 247 Å². The Morgan fingerprint density at radius 2 is 2.05 bits per heavy atom. The molecule has 2 fully saturated rings. The number of aliphatic hydroxyl groups is 2. The van der Waals surface area contributed by atoms with E-state index in [1.165, 1.54) is 6.33 Å². The molecule has 0 bridgehead atoms. The van der Waals surface area contributed by atoms with Gasteiger partial charge in [0.25, 0.3) is 0 Å². The molecule has 14 heteroatoms. The number of allylic oxidation sites excluding steroid dienone is 1. The molecule has 0 aromatic carbocycles. The van der Waals surface area contributed by atoms with E-state index in [1.807, 2.05) is 6.92 Å². The predicted octanol–water partition coefficient (Wildman–Crippen LogP) is 4.81. The van der Waals surface area contributed by atoms with Crippen LogP contribution in [0.2, 0.25) is 18.1 Å². The summed E-state index contributed by atoms with van der Waals surface area (Å²) in [6, 6.07) is 0. The lowest BCUT2D eigenvalue weighted by atomic mass is 9.77. The van der Waals surface area contributed by atoms with Gasteiger partial charge in [0.2, 0.25) is 0 Å². The van der Waals surface area contributed by atoms with Crippen LogP contribution in [0.1, 0.15) is 60.1 Å². The predicted molar refractivity (Wildman–Crippen MR) is 168 cm³/mol. The molecule has 1 saturated carbocycles. The maximum Gasteiger partial charge on any atom is 0.192 e. The summed E-state index contributed by atoms with van der Waals surface area (Å²) >= 11 is 7.37. The zero-order valence-corrected chi connectivity index (χ0v) is 28.1. The number of ether oxygens (including phenoxy) is 1. The first-order chi connectivity index (χ1) is 18.5. The second-order valence-corrected chi connectivity index (χ2v) is 23.1. The number of aliphatic hydroxyl groups excluding tert-OH is 2. The van der Waals surface area contributed by atoms with E-state index in [9.17, 15) is 10.2 Å². The van der Waals surface area contributed by atoms with Gasteiger partial charge in [-0.05, 0) is 57.2 Å². The minimum Gasteiger partial charge on any atom is -0.408 e. The molecule has 0 spiro atoms. The highest BCUT2D eigenvalue weighted by Crippen LogP contribution is 2.55. The molecule has 4 N–H and O–H groups in total. The smallest absolute Gasteiger partial charge is 0.192 e. The molecule has 0 amide bonds. The SMILES string of the molecule is C=C(C)[C@H]1CC[C@@](C)(S[PH](=S)OC[C@H]2O[C@@H](n3cnc4c(N)ncnc43)[C@H](O)C2O[Si](C)(C)C(C)(C)C)[C@H](O)C1. The van der Waals surface area contributed by atoms with Crippen molar-refractivity contribution in [3.05, 3.63) is 24.8 Å². The summed E-state index contributed by atoms with van der Waals surface area (Å²) in [5.74, 6) is 0.595. The largest absolute Gasteiger partial charge is 0.408 e. The fourth-order valence-electron chi connectivity index (χ4n) is 5.00. The third-order valence-corrected chi connectivity index (χ3v) is 18.1. The molecule has 10 nitrogen and oxygen atoms in total. The molecule has 8 atom stereocenters. The van der Waals surface area contributed by atoms with Crippen LogP contribution in [0.4, 0.5) is 5.82 Å². The summed E-state index contributed by atoms with van der Waals surface area (Å²) in [5, 5.41) is 22.4. The summed E-state index contributed by atoms with van der Waals surface area (Å²) in [5.41, 5.74) is 8.02. The molecular formula is C26H44N5O5PS2Si. The van der Waals surface area contributed by atoms with Crippen molar-refractivity contribution in [1.29, 1.82) is 0 Å². The number of hydrogen-bond acceptors (Lipinski definition) is 11. The van der Waals surface area contributed by atoms with Gasteiger partial charge >= 0.3 is 0 Å². The number of nitrogens with two attached hydrogens (primary N) is 1. The third kappa shape index (κ3) is 6.52. The van der Waals surface area contributed by atoms with Gasteiger partial charge in [0.15, 0.2) is 26.0 Å². The van der Waals surface area contributed by atoms with Crippen LogP contribution in [0, 0.1) is 5.92 Å². The lowest BCUT2D eigenvalue weighted by Crippen LogP contribution is -2.49. The topological polar surface area (TPSA) is 138 Å². The number of imidazole rings is 1. The van der Waals surface area contributed by atoms with E-state index in [0.717, 1.165) is 18.4 Å². The van der Waals surface area contributed by atoms with Gasteiger partial charge in [-0.3, -0.25) is 4.57 Å². The van der Waals surface area contributed by atoms with E-state index in [4.69, 9.17) is 31.2 Å². The number of anilines is 1. The number of aromatic nitrogens is 4. The maximum absolute atomic E-state index is 11.6. The fraction of sp³-hybridized carbons (Fsp3) is 0.731. The van der Waals surface area contributed by atoms with Gasteiger partial charge in [-0.2, -0.15) is 0 Å². The van der Waals surface area contributed by atoms with Gasteiger partial charge < -0.3 is 29.6 Å². The molecule has 2 aliphatic rings. The van der Waals surface area contributed by atoms with Crippen LogP contribution in [0.3, 0.4) is 0 Å². The highest BCUT2D eigenvalue weighted by Gasteiger charge is 2.51. The Hall–Kier alpha value is -0.893. The van der Waals surface area contributed by atoms with Crippen molar-refractivity contribution in [3.63, 3.8) is 0 Å². The van der Waals surface area contributed by atoms with Crippen LogP contribution in [-0.4, -0.2) is 73.8 Å². The van der Waals surface area contributed by atoms with Crippen LogP contribution in [0.25, 0.3) is 11.2 Å². The average Bonchev–Trinajstić information content (AvgIpc) is 3.40.